The summed E-state index contributed by atoms with van der Waals surface area (Å²) in [7, 11) is 3.09. The first kappa shape index (κ1) is 18.6. The number of aromatic nitrogens is 4. The molecule has 2 aromatic rings. The fourth-order valence-corrected chi connectivity index (χ4v) is 3.90. The zero-order chi connectivity index (χ0) is 18.2. The number of nitrogens with zero attached hydrogens (tertiary/aromatic N) is 4. The molecule has 3 rings (SSSR count). The third-order valence-corrected chi connectivity index (χ3v) is 4.76. The Kier molecular flexibility index (Phi) is 5.35. The molecule has 1 saturated heterocycles. The molecular formula is C13H20N5O5PS. The van der Waals surface area contributed by atoms with Gasteiger partial charge in [-0.2, -0.15) is 0 Å². The number of ether oxygens (including phenoxy) is 3. The Labute approximate surface area is 149 Å². The molecule has 12 heteroatoms. The van der Waals surface area contributed by atoms with Crippen molar-refractivity contribution in [3.8, 4) is 0 Å². The number of fused-ring (bicyclic) bond motifs is 1. The van der Waals surface area contributed by atoms with Crippen molar-refractivity contribution in [3.05, 3.63) is 12.7 Å². The van der Waals surface area contributed by atoms with Crippen LogP contribution >= 0.6 is 6.49 Å². The molecule has 1 aliphatic heterocycles. The topological polar surface area (TPSA) is 127 Å². The minimum Gasteiger partial charge on any atom is -0.382 e. The van der Waals surface area contributed by atoms with Crippen molar-refractivity contribution in [1.82, 2.24) is 19.5 Å². The third kappa shape index (κ3) is 3.68. The molecule has 2 aromatic heterocycles. The molecular weight excluding hydrogens is 369 g/mol. The van der Waals surface area contributed by atoms with Crippen LogP contribution in [0, 0.1) is 0 Å². The molecule has 0 amide bonds. The van der Waals surface area contributed by atoms with Crippen LogP contribution in [0.15, 0.2) is 12.7 Å². The number of hydrogen-bond acceptors (Lipinski definition) is 9. The van der Waals surface area contributed by atoms with Crippen LogP contribution in [-0.4, -0.2) is 70.2 Å². The van der Waals surface area contributed by atoms with Crippen molar-refractivity contribution in [2.24, 2.45) is 0 Å². The van der Waals surface area contributed by atoms with E-state index in [-0.39, 0.29) is 12.4 Å². The highest BCUT2D eigenvalue weighted by Crippen LogP contribution is 2.45. The first-order chi connectivity index (χ1) is 11.9. The maximum atomic E-state index is 10.00. The minimum atomic E-state index is -2.94. The summed E-state index contributed by atoms with van der Waals surface area (Å²) in [5, 5.41) is 0. The van der Waals surface area contributed by atoms with E-state index in [4.69, 9.17) is 36.3 Å². The molecule has 0 aromatic carbocycles. The van der Waals surface area contributed by atoms with E-state index in [1.807, 2.05) is 0 Å². The molecule has 1 fully saturated rings. The predicted octanol–water partition coefficient (Wildman–Crippen LogP) is 0.284. The summed E-state index contributed by atoms with van der Waals surface area (Å²) >= 11 is 5.03. The van der Waals surface area contributed by atoms with Crippen molar-refractivity contribution < 1.29 is 23.6 Å². The number of nitrogen functional groups attached to an aromatic ring is 1. The maximum absolute atomic E-state index is 10.00. The Bertz CT molecular complexity index is 798. The number of hydrogen-bond donors (Lipinski definition) is 2. The molecule has 5 atom stereocenters. The first-order valence-electron chi connectivity index (χ1n) is 7.44. The van der Waals surface area contributed by atoms with Gasteiger partial charge in [0.2, 0.25) is 0 Å². The van der Waals surface area contributed by atoms with Gasteiger partial charge in [-0.15, -0.1) is 0 Å². The normalized spacial score (nSPS) is 29.1. The van der Waals surface area contributed by atoms with Crippen molar-refractivity contribution in [1.29, 1.82) is 0 Å². The van der Waals surface area contributed by atoms with Crippen LogP contribution in [0.5, 0.6) is 0 Å². The highest BCUT2D eigenvalue weighted by atomic mass is 32.5. The molecule has 138 valence electrons. The van der Waals surface area contributed by atoms with E-state index < -0.39 is 31.0 Å². The van der Waals surface area contributed by atoms with Gasteiger partial charge < -0.3 is 29.4 Å². The molecule has 0 aliphatic carbocycles. The van der Waals surface area contributed by atoms with Gasteiger partial charge in [0.15, 0.2) is 24.2 Å². The SMILES string of the molecule is COC[C@H]1O[C@@H](n2cnc3c(N)ncnc32)[C@@H](OC)C1OP(C)(O)=S. The van der Waals surface area contributed by atoms with Gasteiger partial charge in [-0.1, -0.05) is 0 Å². The van der Waals surface area contributed by atoms with Crippen LogP contribution in [0.3, 0.4) is 0 Å². The summed E-state index contributed by atoms with van der Waals surface area (Å²) in [4.78, 5) is 22.4. The first-order valence-corrected chi connectivity index (χ1v) is 10.6. The highest BCUT2D eigenvalue weighted by Gasteiger charge is 2.48. The Morgan fingerprint density at radius 3 is 2.76 bits per heavy atom. The summed E-state index contributed by atoms with van der Waals surface area (Å²) in [6.07, 6.45) is 0.671. The van der Waals surface area contributed by atoms with E-state index in [0.717, 1.165) is 0 Å². The summed E-state index contributed by atoms with van der Waals surface area (Å²) in [5.41, 5.74) is 6.81. The molecule has 1 aliphatic rings. The summed E-state index contributed by atoms with van der Waals surface area (Å²) in [5.74, 6) is 0.274. The van der Waals surface area contributed by atoms with Gasteiger partial charge in [-0.3, -0.25) is 4.57 Å². The second-order valence-corrected chi connectivity index (χ2v) is 9.53. The lowest BCUT2D eigenvalue weighted by Crippen LogP contribution is -2.37. The quantitative estimate of drug-likeness (QED) is 0.665. The number of anilines is 1. The molecule has 0 radical (unpaired) electrons. The van der Waals surface area contributed by atoms with Gasteiger partial charge in [0, 0.05) is 20.9 Å². The molecule has 25 heavy (non-hydrogen) atoms. The average molecular weight is 389 g/mol. The smallest absolute Gasteiger partial charge is 0.183 e. The lowest BCUT2D eigenvalue weighted by atomic mass is 10.1. The number of nitrogens with two attached hydrogens (primary N) is 1. The number of methoxy groups -OCH3 is 2. The van der Waals surface area contributed by atoms with Crippen LogP contribution < -0.4 is 5.73 Å². The van der Waals surface area contributed by atoms with E-state index in [9.17, 15) is 4.89 Å². The molecule has 2 unspecified atom stereocenters. The van der Waals surface area contributed by atoms with Gasteiger partial charge in [0.05, 0.1) is 12.9 Å². The zero-order valence-corrected chi connectivity index (χ0v) is 15.7. The monoisotopic (exact) mass is 389 g/mol. The van der Waals surface area contributed by atoms with Crippen LogP contribution in [0.4, 0.5) is 5.82 Å². The Morgan fingerprint density at radius 1 is 1.36 bits per heavy atom. The average Bonchev–Trinajstić information content (AvgIpc) is 3.09. The predicted molar refractivity (Wildman–Crippen MR) is 93.6 cm³/mol. The second kappa shape index (κ2) is 7.20. The van der Waals surface area contributed by atoms with Gasteiger partial charge in [-0.25, -0.2) is 15.0 Å². The van der Waals surface area contributed by atoms with Crippen LogP contribution in [-0.2, 0) is 30.5 Å². The molecule has 10 nitrogen and oxygen atoms in total. The van der Waals surface area contributed by atoms with Crippen molar-refractivity contribution in [2.75, 3.05) is 33.2 Å². The third-order valence-electron chi connectivity index (χ3n) is 3.87. The van der Waals surface area contributed by atoms with Crippen molar-refractivity contribution in [3.63, 3.8) is 0 Å². The van der Waals surface area contributed by atoms with Crippen molar-refractivity contribution >= 4 is 35.3 Å². The van der Waals surface area contributed by atoms with Gasteiger partial charge in [-0.05, 0) is 11.8 Å². The van der Waals surface area contributed by atoms with E-state index >= 15 is 0 Å². The Balaban J connectivity index is 2.00. The second-order valence-electron chi connectivity index (χ2n) is 5.68. The standard InChI is InChI=1S/C13H20N5O5PS/c1-20-4-7-9(23-24(3,19)25)10(21-2)13(22-7)18-6-17-8-11(14)15-5-16-12(8)18/h5-7,9-10,13H,4H2,1-3H3,(H,19,25)(H2,14,15,16)/t7-,9?,10+,13-,24?/m1/s1. The van der Waals surface area contributed by atoms with E-state index in [1.165, 1.54) is 20.1 Å². The maximum Gasteiger partial charge on any atom is 0.183 e. The summed E-state index contributed by atoms with van der Waals surface area (Å²) in [6.45, 7) is -1.21. The molecule has 3 N–H and O–H groups in total. The number of rotatable bonds is 6. The van der Waals surface area contributed by atoms with Crippen LogP contribution in [0.1, 0.15) is 6.23 Å². The minimum absolute atomic E-state index is 0.250. The van der Waals surface area contributed by atoms with E-state index in [0.29, 0.717) is 11.2 Å². The highest BCUT2D eigenvalue weighted by molar-refractivity contribution is 8.09. The van der Waals surface area contributed by atoms with E-state index in [2.05, 4.69) is 15.0 Å². The zero-order valence-electron chi connectivity index (χ0n) is 14.0. The summed E-state index contributed by atoms with van der Waals surface area (Å²) < 4.78 is 24.2. The van der Waals surface area contributed by atoms with Crippen molar-refractivity contribution in [2.45, 2.75) is 24.5 Å². The van der Waals surface area contributed by atoms with E-state index in [1.54, 1.807) is 18.0 Å². The molecule has 0 bridgehead atoms. The van der Waals surface area contributed by atoms with Gasteiger partial charge >= 0.3 is 0 Å². The van der Waals surface area contributed by atoms with Gasteiger partial charge in [0.1, 0.15) is 30.2 Å². The van der Waals surface area contributed by atoms with Crippen LogP contribution in [0.2, 0.25) is 0 Å². The fourth-order valence-electron chi connectivity index (χ4n) is 2.89. The molecule has 3 heterocycles. The molecule has 0 saturated carbocycles. The Hall–Kier alpha value is -1.20. The lowest BCUT2D eigenvalue weighted by molar-refractivity contribution is -0.0628. The Morgan fingerprint density at radius 2 is 2.12 bits per heavy atom. The summed E-state index contributed by atoms with van der Waals surface area (Å²) in [6, 6.07) is 0. The van der Waals surface area contributed by atoms with Gasteiger partial charge in [0.25, 0.3) is 0 Å². The number of imidazole rings is 1. The largest absolute Gasteiger partial charge is 0.382 e. The molecule has 0 spiro atoms. The lowest BCUT2D eigenvalue weighted by Gasteiger charge is -2.25. The van der Waals surface area contributed by atoms with Crippen LogP contribution in [0.25, 0.3) is 11.2 Å². The fraction of sp³-hybridized carbons (Fsp3) is 0.615.